The summed E-state index contributed by atoms with van der Waals surface area (Å²) < 4.78 is 1.81. The number of amides is 1. The van der Waals surface area contributed by atoms with Crippen LogP contribution in [0.25, 0.3) is 5.69 Å². The lowest BCUT2D eigenvalue weighted by atomic mass is 10.2. The van der Waals surface area contributed by atoms with Crippen LogP contribution < -0.4 is 5.32 Å². The minimum absolute atomic E-state index is 0.0326. The van der Waals surface area contributed by atoms with E-state index in [0.717, 1.165) is 11.5 Å². The number of rotatable bonds is 4. The van der Waals surface area contributed by atoms with Gasteiger partial charge >= 0.3 is 0 Å². The highest BCUT2D eigenvalue weighted by molar-refractivity contribution is 5.73. The molecule has 0 unspecified atom stereocenters. The van der Waals surface area contributed by atoms with Gasteiger partial charge in [0.25, 0.3) is 0 Å². The zero-order valence-corrected chi connectivity index (χ0v) is 11.4. The van der Waals surface area contributed by atoms with Crippen molar-refractivity contribution in [2.24, 2.45) is 0 Å². The number of carbonyl (C=O) groups is 1. The molecule has 0 aliphatic carbocycles. The first-order chi connectivity index (χ1) is 9.06. The predicted octanol–water partition coefficient (Wildman–Crippen LogP) is 1.64. The van der Waals surface area contributed by atoms with Gasteiger partial charge in [-0.3, -0.25) is 4.79 Å². The Morgan fingerprint density at radius 1 is 1.47 bits per heavy atom. The minimum atomic E-state index is -0.0332. The zero-order valence-electron chi connectivity index (χ0n) is 11.4. The molecule has 1 aromatic heterocycles. The summed E-state index contributed by atoms with van der Waals surface area (Å²) in [6.45, 7) is 5.51. The van der Waals surface area contributed by atoms with Crippen molar-refractivity contribution >= 4 is 5.91 Å². The average Bonchev–Trinajstić information content (AvgIpc) is 2.75. The van der Waals surface area contributed by atoms with Gasteiger partial charge in [0, 0.05) is 19.4 Å². The second-order valence-electron chi connectivity index (χ2n) is 4.73. The first kappa shape index (κ1) is 13.3. The smallest absolute Gasteiger partial charge is 0.217 e. The van der Waals surface area contributed by atoms with Crippen molar-refractivity contribution in [2.75, 3.05) is 0 Å². The lowest BCUT2D eigenvalue weighted by molar-refractivity contribution is -0.119. The van der Waals surface area contributed by atoms with E-state index in [9.17, 15) is 4.79 Å². The molecule has 0 fully saturated rings. The molecule has 1 heterocycles. The van der Waals surface area contributed by atoms with Crippen LogP contribution in [-0.2, 0) is 11.2 Å². The highest BCUT2D eigenvalue weighted by Crippen LogP contribution is 2.11. The van der Waals surface area contributed by atoms with Gasteiger partial charge in [0.05, 0.1) is 5.69 Å². The molecule has 0 spiro atoms. The van der Waals surface area contributed by atoms with Gasteiger partial charge in [-0.15, -0.1) is 0 Å². The van der Waals surface area contributed by atoms with Crippen LogP contribution in [0.5, 0.6) is 0 Å². The van der Waals surface area contributed by atoms with Crippen LogP contribution in [0, 0.1) is 6.92 Å². The fraction of sp³-hybridized carbons (Fsp3) is 0.357. The molecule has 0 aliphatic rings. The maximum Gasteiger partial charge on any atom is 0.217 e. The fourth-order valence-electron chi connectivity index (χ4n) is 2.05. The van der Waals surface area contributed by atoms with Gasteiger partial charge in [-0.1, -0.05) is 12.1 Å². The SMILES string of the molecule is CC(=O)N[C@@H](C)Cc1ncnn1-c1cccc(C)c1. The van der Waals surface area contributed by atoms with Crippen molar-refractivity contribution in [3.8, 4) is 5.69 Å². The highest BCUT2D eigenvalue weighted by Gasteiger charge is 2.11. The third-order valence-electron chi connectivity index (χ3n) is 2.80. The van der Waals surface area contributed by atoms with E-state index in [2.05, 4.69) is 21.5 Å². The Kier molecular flexibility index (Phi) is 3.94. The molecule has 0 aliphatic heterocycles. The van der Waals surface area contributed by atoms with Crippen molar-refractivity contribution in [1.29, 1.82) is 0 Å². The standard InChI is InChI=1S/C14H18N4O/c1-10-5-4-6-13(7-10)18-14(15-9-16-18)8-11(2)17-12(3)19/h4-7,9,11H,8H2,1-3H3,(H,17,19)/t11-/m0/s1. The van der Waals surface area contributed by atoms with Crippen LogP contribution in [0.3, 0.4) is 0 Å². The number of aryl methyl sites for hydroxylation is 1. The van der Waals surface area contributed by atoms with Gasteiger partial charge in [-0.25, -0.2) is 9.67 Å². The van der Waals surface area contributed by atoms with Gasteiger partial charge in [0.1, 0.15) is 12.2 Å². The average molecular weight is 258 g/mol. The molecule has 1 aromatic carbocycles. The summed E-state index contributed by atoms with van der Waals surface area (Å²) in [6, 6.07) is 8.12. The summed E-state index contributed by atoms with van der Waals surface area (Å²) in [5, 5.41) is 7.10. The molecule has 1 N–H and O–H groups in total. The van der Waals surface area contributed by atoms with E-state index in [1.165, 1.54) is 18.8 Å². The maximum atomic E-state index is 11.0. The second kappa shape index (κ2) is 5.65. The molecular weight excluding hydrogens is 240 g/mol. The summed E-state index contributed by atoms with van der Waals surface area (Å²) in [5.41, 5.74) is 2.16. The predicted molar refractivity (Wildman–Crippen MR) is 73.1 cm³/mol. The first-order valence-electron chi connectivity index (χ1n) is 6.29. The molecule has 1 amide bonds. The molecule has 100 valence electrons. The van der Waals surface area contributed by atoms with E-state index in [-0.39, 0.29) is 11.9 Å². The van der Waals surface area contributed by atoms with Gasteiger partial charge < -0.3 is 5.32 Å². The Balaban J connectivity index is 2.20. The van der Waals surface area contributed by atoms with Gasteiger partial charge in [-0.05, 0) is 31.5 Å². The Bertz CT molecular complexity index is 576. The monoisotopic (exact) mass is 258 g/mol. The van der Waals surface area contributed by atoms with E-state index >= 15 is 0 Å². The molecule has 0 radical (unpaired) electrons. The zero-order chi connectivity index (χ0) is 13.8. The van der Waals surface area contributed by atoms with Crippen molar-refractivity contribution in [3.63, 3.8) is 0 Å². The highest BCUT2D eigenvalue weighted by atomic mass is 16.1. The Morgan fingerprint density at radius 2 is 2.26 bits per heavy atom. The van der Waals surface area contributed by atoms with Crippen molar-refractivity contribution < 1.29 is 4.79 Å². The fourth-order valence-corrected chi connectivity index (χ4v) is 2.05. The molecule has 2 aromatic rings. The summed E-state index contributed by atoms with van der Waals surface area (Å²) in [5.74, 6) is 0.806. The van der Waals surface area contributed by atoms with Crippen molar-refractivity contribution in [2.45, 2.75) is 33.2 Å². The molecule has 1 atom stereocenters. The number of benzene rings is 1. The van der Waals surface area contributed by atoms with Crippen LogP contribution in [0.1, 0.15) is 25.2 Å². The molecule has 5 nitrogen and oxygen atoms in total. The first-order valence-corrected chi connectivity index (χ1v) is 6.29. The summed E-state index contributed by atoms with van der Waals surface area (Å²) in [7, 11) is 0. The van der Waals surface area contributed by atoms with Crippen LogP contribution in [-0.4, -0.2) is 26.7 Å². The van der Waals surface area contributed by atoms with E-state index < -0.39 is 0 Å². The summed E-state index contributed by atoms with van der Waals surface area (Å²) in [4.78, 5) is 15.3. The molecule has 2 rings (SSSR count). The third kappa shape index (κ3) is 3.40. The normalized spacial score (nSPS) is 12.2. The molecular formula is C14H18N4O. The molecule has 0 saturated heterocycles. The maximum absolute atomic E-state index is 11.0. The molecule has 19 heavy (non-hydrogen) atoms. The Hall–Kier alpha value is -2.17. The third-order valence-corrected chi connectivity index (χ3v) is 2.80. The summed E-state index contributed by atoms with van der Waals surface area (Å²) >= 11 is 0. The molecule has 5 heteroatoms. The van der Waals surface area contributed by atoms with E-state index in [0.29, 0.717) is 6.42 Å². The Labute approximate surface area is 112 Å². The van der Waals surface area contributed by atoms with Crippen molar-refractivity contribution in [1.82, 2.24) is 20.1 Å². The van der Waals surface area contributed by atoms with Gasteiger partial charge in [-0.2, -0.15) is 5.10 Å². The van der Waals surface area contributed by atoms with Gasteiger partial charge in [0.15, 0.2) is 0 Å². The number of hydrogen-bond donors (Lipinski definition) is 1. The van der Waals surface area contributed by atoms with E-state index in [4.69, 9.17) is 0 Å². The van der Waals surface area contributed by atoms with Crippen LogP contribution in [0.15, 0.2) is 30.6 Å². The van der Waals surface area contributed by atoms with Gasteiger partial charge in [0.2, 0.25) is 5.91 Å². The number of nitrogens with zero attached hydrogens (tertiary/aromatic N) is 3. The number of hydrogen-bond acceptors (Lipinski definition) is 3. The quantitative estimate of drug-likeness (QED) is 0.907. The molecule has 0 saturated carbocycles. The topological polar surface area (TPSA) is 59.8 Å². The minimum Gasteiger partial charge on any atom is -0.353 e. The second-order valence-corrected chi connectivity index (χ2v) is 4.73. The number of nitrogens with one attached hydrogen (secondary N) is 1. The lowest BCUT2D eigenvalue weighted by Gasteiger charge is -2.13. The number of carbonyl (C=O) groups excluding carboxylic acids is 1. The van der Waals surface area contributed by atoms with E-state index in [1.54, 1.807) is 0 Å². The number of aromatic nitrogens is 3. The van der Waals surface area contributed by atoms with Crippen LogP contribution >= 0.6 is 0 Å². The largest absolute Gasteiger partial charge is 0.353 e. The van der Waals surface area contributed by atoms with E-state index in [1.807, 2.05) is 36.7 Å². The summed E-state index contributed by atoms with van der Waals surface area (Å²) in [6.07, 6.45) is 2.19. The van der Waals surface area contributed by atoms with Crippen LogP contribution in [0.2, 0.25) is 0 Å². The molecule has 0 bridgehead atoms. The lowest BCUT2D eigenvalue weighted by Crippen LogP contribution is -2.32. The van der Waals surface area contributed by atoms with Crippen LogP contribution in [0.4, 0.5) is 0 Å². The Morgan fingerprint density at radius 3 is 2.95 bits per heavy atom. The van der Waals surface area contributed by atoms with Crippen molar-refractivity contribution in [3.05, 3.63) is 42.0 Å².